The van der Waals surface area contributed by atoms with Crippen LogP contribution in [0.15, 0.2) is 102 Å². The highest BCUT2D eigenvalue weighted by Gasteiger charge is 2.23. The fraction of sp³-hybridized carbons (Fsp3) is 0.370. The molecule has 1 fully saturated rings. The molecule has 1 saturated heterocycles. The molecule has 0 amide bonds. The van der Waals surface area contributed by atoms with Crippen LogP contribution in [-0.2, 0) is 4.74 Å². The molecule has 2 atom stereocenters. The minimum atomic E-state index is -0.256. The van der Waals surface area contributed by atoms with Gasteiger partial charge in [-0.15, -0.1) is 0 Å². The first-order chi connectivity index (χ1) is 16.7. The molecule has 7 N–H and O–H groups in total. The Morgan fingerprint density at radius 2 is 1.91 bits per heavy atom. The van der Waals surface area contributed by atoms with Crippen molar-refractivity contribution in [3.63, 3.8) is 0 Å². The summed E-state index contributed by atoms with van der Waals surface area (Å²) in [4.78, 5) is 8.77. The van der Waals surface area contributed by atoms with Crippen LogP contribution in [0.4, 0.5) is 0 Å². The maximum Gasteiger partial charge on any atom is 0.132 e. The first kappa shape index (κ1) is 27.8. The third-order valence-electron chi connectivity index (χ3n) is 5.80. The van der Waals surface area contributed by atoms with Crippen molar-refractivity contribution in [1.82, 2.24) is 15.1 Å². The zero-order valence-electron chi connectivity index (χ0n) is 21.1. The van der Waals surface area contributed by atoms with Gasteiger partial charge in [-0.25, -0.2) is 4.99 Å². The Balaban J connectivity index is 2.13. The lowest BCUT2D eigenvalue weighted by Gasteiger charge is -2.39. The molecule has 0 spiro atoms. The first-order valence-electron chi connectivity index (χ1n) is 11.8. The molecule has 1 heterocycles. The SMILES string of the molecule is C=C/C=C\NC(N)N1CCN(C(=C)/C=C(\N=C/N)C(=C)C2=CC(OC(C)C)=CC(C(=C)N)C2)CC1. The predicted octanol–water partition coefficient (Wildman–Crippen LogP) is 2.80. The molecule has 1 aliphatic carbocycles. The predicted molar refractivity (Wildman–Crippen MR) is 146 cm³/mol. The number of nitrogens with zero attached hydrogens (tertiary/aromatic N) is 3. The molecule has 0 aromatic carbocycles. The molecule has 0 bridgehead atoms. The van der Waals surface area contributed by atoms with E-state index in [2.05, 4.69) is 46.4 Å². The third-order valence-corrected chi connectivity index (χ3v) is 5.80. The molecule has 0 saturated carbocycles. The van der Waals surface area contributed by atoms with Crippen molar-refractivity contribution >= 4 is 6.34 Å². The van der Waals surface area contributed by atoms with Crippen molar-refractivity contribution in [3.8, 4) is 0 Å². The molecule has 0 radical (unpaired) electrons. The Morgan fingerprint density at radius 1 is 1.23 bits per heavy atom. The van der Waals surface area contributed by atoms with Gasteiger partial charge in [-0.2, -0.15) is 0 Å². The van der Waals surface area contributed by atoms with Crippen molar-refractivity contribution in [2.75, 3.05) is 26.2 Å². The van der Waals surface area contributed by atoms with E-state index in [0.29, 0.717) is 17.8 Å². The van der Waals surface area contributed by atoms with Crippen LogP contribution in [0, 0.1) is 5.92 Å². The van der Waals surface area contributed by atoms with Crippen molar-refractivity contribution in [3.05, 3.63) is 96.9 Å². The van der Waals surface area contributed by atoms with Crippen LogP contribution >= 0.6 is 0 Å². The molecule has 2 unspecified atom stereocenters. The summed E-state index contributed by atoms with van der Waals surface area (Å²) in [5.74, 6) is 0.705. The Labute approximate surface area is 210 Å². The highest BCUT2D eigenvalue weighted by Crippen LogP contribution is 2.33. The maximum absolute atomic E-state index is 6.22. The van der Waals surface area contributed by atoms with Gasteiger partial charge in [0.25, 0.3) is 0 Å². The second-order valence-electron chi connectivity index (χ2n) is 8.80. The molecule has 8 nitrogen and oxygen atoms in total. The van der Waals surface area contributed by atoms with Crippen LogP contribution < -0.4 is 22.5 Å². The van der Waals surface area contributed by atoms with Crippen molar-refractivity contribution in [1.29, 1.82) is 0 Å². The maximum atomic E-state index is 6.22. The highest BCUT2D eigenvalue weighted by molar-refractivity contribution is 5.59. The monoisotopic (exact) mass is 479 g/mol. The van der Waals surface area contributed by atoms with E-state index in [1.54, 1.807) is 12.3 Å². The minimum Gasteiger partial charge on any atom is -0.491 e. The van der Waals surface area contributed by atoms with Crippen molar-refractivity contribution in [2.24, 2.45) is 28.1 Å². The van der Waals surface area contributed by atoms with Gasteiger partial charge in [-0.05, 0) is 61.9 Å². The van der Waals surface area contributed by atoms with Gasteiger partial charge in [-0.1, -0.05) is 32.4 Å². The average molecular weight is 480 g/mol. The fourth-order valence-electron chi connectivity index (χ4n) is 3.88. The van der Waals surface area contributed by atoms with Gasteiger partial charge < -0.3 is 26.4 Å². The number of rotatable bonds is 12. The smallest absolute Gasteiger partial charge is 0.132 e. The molecule has 0 aromatic heterocycles. The van der Waals surface area contributed by atoms with Gasteiger partial charge in [0.15, 0.2) is 0 Å². The van der Waals surface area contributed by atoms with Crippen LogP contribution in [0.25, 0.3) is 0 Å². The van der Waals surface area contributed by atoms with Gasteiger partial charge in [-0.3, -0.25) is 10.6 Å². The summed E-state index contributed by atoms with van der Waals surface area (Å²) in [7, 11) is 0. The van der Waals surface area contributed by atoms with E-state index >= 15 is 0 Å². The summed E-state index contributed by atoms with van der Waals surface area (Å²) in [6.07, 6.45) is 12.9. The fourth-order valence-corrected chi connectivity index (χ4v) is 3.88. The van der Waals surface area contributed by atoms with E-state index < -0.39 is 0 Å². The van der Waals surface area contributed by atoms with E-state index in [4.69, 9.17) is 21.9 Å². The lowest BCUT2D eigenvalue weighted by Crippen LogP contribution is -2.57. The Kier molecular flexibility index (Phi) is 10.6. The lowest BCUT2D eigenvalue weighted by atomic mass is 9.87. The van der Waals surface area contributed by atoms with Crippen LogP contribution in [0.1, 0.15) is 20.3 Å². The summed E-state index contributed by atoms with van der Waals surface area (Å²) in [6.45, 7) is 23.3. The molecule has 190 valence electrons. The summed E-state index contributed by atoms with van der Waals surface area (Å²) in [6, 6.07) is 0. The number of nitrogens with one attached hydrogen (secondary N) is 1. The highest BCUT2D eigenvalue weighted by atomic mass is 16.5. The Bertz CT molecular complexity index is 947. The standard InChI is InChI=1S/C27H41N7O/c1-7-8-9-31-27(30)34-12-10-33(11-13-34)20(4)14-26(32-18-28)21(5)23-15-24(22(6)29)17-25(16-23)35-19(2)3/h7-9,14,16-19,24,27,31H,1,4-6,10-13,15,29-30H2,2-3H3,(H2,28,32)/b9-8-,26-14-. The molecule has 2 aliphatic rings. The molecule has 2 rings (SSSR count). The van der Waals surface area contributed by atoms with Gasteiger partial charge in [0.1, 0.15) is 12.0 Å². The number of ether oxygens (including phenoxy) is 1. The largest absolute Gasteiger partial charge is 0.491 e. The van der Waals surface area contributed by atoms with Crippen LogP contribution in [0.2, 0.25) is 0 Å². The number of hydrogen-bond acceptors (Lipinski definition) is 7. The molecule has 0 aromatic rings. The van der Waals surface area contributed by atoms with E-state index in [0.717, 1.165) is 48.8 Å². The second-order valence-corrected chi connectivity index (χ2v) is 8.80. The van der Waals surface area contributed by atoms with Crippen LogP contribution in [-0.4, -0.2) is 54.7 Å². The molecule has 35 heavy (non-hydrogen) atoms. The number of piperazine rings is 1. The molecular formula is C27H41N7O. The first-order valence-corrected chi connectivity index (χ1v) is 11.8. The number of aliphatic imine (C=N–C) groups is 1. The van der Waals surface area contributed by atoms with E-state index in [1.807, 2.05) is 38.2 Å². The summed E-state index contributed by atoms with van der Waals surface area (Å²) in [5.41, 5.74) is 21.7. The summed E-state index contributed by atoms with van der Waals surface area (Å²) >= 11 is 0. The Morgan fingerprint density at radius 3 is 2.49 bits per heavy atom. The topological polar surface area (TPSA) is 118 Å². The average Bonchev–Trinajstić information content (AvgIpc) is 2.82. The number of hydrogen-bond donors (Lipinski definition) is 4. The zero-order valence-corrected chi connectivity index (χ0v) is 21.1. The van der Waals surface area contributed by atoms with Gasteiger partial charge in [0, 0.05) is 43.5 Å². The van der Waals surface area contributed by atoms with E-state index in [-0.39, 0.29) is 18.3 Å². The van der Waals surface area contributed by atoms with Gasteiger partial charge in [0.05, 0.1) is 18.1 Å². The van der Waals surface area contributed by atoms with Crippen molar-refractivity contribution < 1.29 is 4.74 Å². The number of allylic oxidation sites excluding steroid dienone is 6. The van der Waals surface area contributed by atoms with E-state index in [9.17, 15) is 0 Å². The quantitative estimate of drug-likeness (QED) is 0.147. The lowest BCUT2D eigenvalue weighted by molar-refractivity contribution is 0.110. The normalized spacial score (nSPS) is 20.5. The van der Waals surface area contributed by atoms with E-state index in [1.165, 1.54) is 6.34 Å². The molecule has 8 heteroatoms. The van der Waals surface area contributed by atoms with Crippen molar-refractivity contribution in [2.45, 2.75) is 32.7 Å². The minimum absolute atomic E-state index is 0.0358. The van der Waals surface area contributed by atoms with Gasteiger partial charge >= 0.3 is 0 Å². The Hall–Kier alpha value is -3.49. The zero-order chi connectivity index (χ0) is 26.0. The summed E-state index contributed by atoms with van der Waals surface area (Å²) < 4.78 is 5.94. The molecular weight excluding hydrogens is 438 g/mol. The van der Waals surface area contributed by atoms with Crippen LogP contribution in [0.3, 0.4) is 0 Å². The second kappa shape index (κ2) is 13.4. The number of nitrogens with two attached hydrogens (primary N) is 3. The third kappa shape index (κ3) is 8.35. The summed E-state index contributed by atoms with van der Waals surface area (Å²) in [5, 5.41) is 3.14. The van der Waals surface area contributed by atoms with Gasteiger partial charge in [0.2, 0.25) is 0 Å². The molecule has 1 aliphatic heterocycles. The van der Waals surface area contributed by atoms with Crippen LogP contribution in [0.5, 0.6) is 0 Å².